The summed E-state index contributed by atoms with van der Waals surface area (Å²) in [7, 11) is 0. The van der Waals surface area contributed by atoms with Crippen molar-refractivity contribution in [3.05, 3.63) is 23.5 Å². The summed E-state index contributed by atoms with van der Waals surface area (Å²) < 4.78 is 10.8. The summed E-state index contributed by atoms with van der Waals surface area (Å²) in [5.41, 5.74) is 1.89. The zero-order valence-corrected chi connectivity index (χ0v) is 11.1. The molecular weight excluding hydrogens is 232 g/mol. The summed E-state index contributed by atoms with van der Waals surface area (Å²) in [5, 5.41) is 11.8. The first-order valence-corrected chi connectivity index (χ1v) is 6.26. The van der Waals surface area contributed by atoms with Crippen LogP contribution in [-0.4, -0.2) is 43.1 Å². The Morgan fingerprint density at radius 2 is 2.11 bits per heavy atom. The van der Waals surface area contributed by atoms with Crippen LogP contribution in [0.2, 0.25) is 0 Å². The van der Waals surface area contributed by atoms with Crippen LogP contribution in [-0.2, 0) is 11.3 Å². The Bertz CT molecular complexity index is 345. The lowest BCUT2D eigenvalue weighted by molar-refractivity contribution is 0.0702. The Labute approximate surface area is 108 Å². The molecule has 1 aromatic heterocycles. The van der Waals surface area contributed by atoms with Gasteiger partial charge in [-0.2, -0.15) is 0 Å². The van der Waals surface area contributed by atoms with E-state index in [0.29, 0.717) is 26.4 Å². The van der Waals surface area contributed by atoms with Gasteiger partial charge in [-0.1, -0.05) is 6.92 Å². The normalized spacial score (nSPS) is 10.6. The Morgan fingerprint density at radius 1 is 1.28 bits per heavy atom. The lowest BCUT2D eigenvalue weighted by Crippen LogP contribution is -2.16. The minimum absolute atomic E-state index is 0.0394. The van der Waals surface area contributed by atoms with Crippen LogP contribution < -0.4 is 10.1 Å². The lowest BCUT2D eigenvalue weighted by Gasteiger charge is -2.11. The molecule has 1 aromatic rings. The van der Waals surface area contributed by atoms with Crippen LogP contribution in [0, 0.1) is 6.92 Å². The Kier molecular flexibility index (Phi) is 7.32. The molecule has 18 heavy (non-hydrogen) atoms. The molecule has 0 saturated heterocycles. The van der Waals surface area contributed by atoms with Crippen LogP contribution in [0.25, 0.3) is 0 Å². The van der Waals surface area contributed by atoms with E-state index in [0.717, 1.165) is 23.7 Å². The topological polar surface area (TPSA) is 63.6 Å². The van der Waals surface area contributed by atoms with E-state index in [1.807, 2.05) is 19.1 Å². The predicted octanol–water partition coefficient (Wildman–Crippen LogP) is 0.887. The van der Waals surface area contributed by atoms with E-state index in [9.17, 15) is 0 Å². The summed E-state index contributed by atoms with van der Waals surface area (Å²) in [5.74, 6) is 0.786. The number of aliphatic hydroxyl groups excluding tert-OH is 1. The molecule has 1 rings (SSSR count). The quantitative estimate of drug-likeness (QED) is 0.641. The van der Waals surface area contributed by atoms with E-state index < -0.39 is 0 Å². The van der Waals surface area contributed by atoms with Crippen LogP contribution in [0.15, 0.2) is 12.1 Å². The van der Waals surface area contributed by atoms with Crippen molar-refractivity contribution in [3.8, 4) is 5.75 Å². The first-order chi connectivity index (χ1) is 8.77. The number of hydrogen-bond donors (Lipinski definition) is 2. The van der Waals surface area contributed by atoms with E-state index in [-0.39, 0.29) is 6.61 Å². The molecule has 0 radical (unpaired) electrons. The van der Waals surface area contributed by atoms with Gasteiger partial charge in [0.1, 0.15) is 12.4 Å². The first-order valence-electron chi connectivity index (χ1n) is 6.26. The van der Waals surface area contributed by atoms with Gasteiger partial charge in [0.05, 0.1) is 25.5 Å². The molecule has 0 aliphatic carbocycles. The maximum Gasteiger partial charge on any atom is 0.142 e. The highest BCUT2D eigenvalue weighted by Crippen LogP contribution is 2.16. The molecule has 0 atom stereocenters. The number of hydrogen-bond acceptors (Lipinski definition) is 5. The molecule has 5 heteroatoms. The predicted molar refractivity (Wildman–Crippen MR) is 69.8 cm³/mol. The van der Waals surface area contributed by atoms with E-state index in [1.165, 1.54) is 0 Å². The molecule has 0 bridgehead atoms. The monoisotopic (exact) mass is 254 g/mol. The molecule has 0 aliphatic heterocycles. The summed E-state index contributed by atoms with van der Waals surface area (Å²) in [6.07, 6.45) is 0. The highest BCUT2D eigenvalue weighted by molar-refractivity contribution is 5.29. The molecule has 0 unspecified atom stereocenters. The SMILES string of the molecule is CCNCc1nc(C)ccc1OCCOCCO. The molecule has 102 valence electrons. The van der Waals surface area contributed by atoms with Gasteiger partial charge in [-0.25, -0.2) is 0 Å². The lowest BCUT2D eigenvalue weighted by atomic mass is 10.3. The van der Waals surface area contributed by atoms with Gasteiger partial charge in [-0.3, -0.25) is 4.98 Å². The molecule has 5 nitrogen and oxygen atoms in total. The van der Waals surface area contributed by atoms with Crippen molar-refractivity contribution in [2.75, 3.05) is 33.0 Å². The third-order valence-electron chi connectivity index (χ3n) is 2.33. The molecule has 0 spiro atoms. The fourth-order valence-corrected chi connectivity index (χ4v) is 1.48. The standard InChI is InChI=1S/C13H22N2O3/c1-3-14-10-12-13(5-4-11(2)15-12)18-9-8-17-7-6-16/h4-5,14,16H,3,6-10H2,1-2H3. The molecule has 0 saturated carbocycles. The average Bonchev–Trinajstić information content (AvgIpc) is 2.38. The van der Waals surface area contributed by atoms with Gasteiger partial charge in [-0.05, 0) is 25.6 Å². The Balaban J connectivity index is 2.47. The molecule has 1 heterocycles. The van der Waals surface area contributed by atoms with Gasteiger partial charge < -0.3 is 19.9 Å². The highest BCUT2D eigenvalue weighted by Gasteiger charge is 2.05. The third-order valence-corrected chi connectivity index (χ3v) is 2.33. The zero-order valence-electron chi connectivity index (χ0n) is 11.1. The number of aromatic nitrogens is 1. The van der Waals surface area contributed by atoms with E-state index in [2.05, 4.69) is 17.2 Å². The second-order valence-corrected chi connectivity index (χ2v) is 3.86. The second kappa shape index (κ2) is 8.85. The van der Waals surface area contributed by atoms with Crippen LogP contribution in [0.3, 0.4) is 0 Å². The summed E-state index contributed by atoms with van der Waals surface area (Å²) in [6, 6.07) is 3.86. The maximum atomic E-state index is 8.57. The zero-order chi connectivity index (χ0) is 13.2. The van der Waals surface area contributed by atoms with Crippen molar-refractivity contribution in [2.45, 2.75) is 20.4 Å². The van der Waals surface area contributed by atoms with Crippen molar-refractivity contribution in [2.24, 2.45) is 0 Å². The van der Waals surface area contributed by atoms with Gasteiger partial charge >= 0.3 is 0 Å². The molecule has 2 N–H and O–H groups in total. The van der Waals surface area contributed by atoms with Crippen LogP contribution in [0.4, 0.5) is 0 Å². The second-order valence-electron chi connectivity index (χ2n) is 3.86. The molecular formula is C13H22N2O3. The van der Waals surface area contributed by atoms with Gasteiger partial charge in [-0.15, -0.1) is 0 Å². The van der Waals surface area contributed by atoms with Crippen LogP contribution >= 0.6 is 0 Å². The largest absolute Gasteiger partial charge is 0.489 e. The maximum absolute atomic E-state index is 8.57. The Morgan fingerprint density at radius 3 is 2.83 bits per heavy atom. The van der Waals surface area contributed by atoms with Gasteiger partial charge in [0.25, 0.3) is 0 Å². The summed E-state index contributed by atoms with van der Waals surface area (Å²) >= 11 is 0. The van der Waals surface area contributed by atoms with Gasteiger partial charge in [0.2, 0.25) is 0 Å². The van der Waals surface area contributed by atoms with Crippen molar-refractivity contribution < 1.29 is 14.6 Å². The van der Waals surface area contributed by atoms with Crippen LogP contribution in [0.5, 0.6) is 5.75 Å². The fourth-order valence-electron chi connectivity index (χ4n) is 1.48. The summed E-state index contributed by atoms with van der Waals surface area (Å²) in [4.78, 5) is 4.46. The fraction of sp³-hybridized carbons (Fsp3) is 0.615. The average molecular weight is 254 g/mol. The molecule has 0 fully saturated rings. The number of nitrogens with one attached hydrogen (secondary N) is 1. The van der Waals surface area contributed by atoms with Crippen molar-refractivity contribution >= 4 is 0 Å². The molecule has 0 amide bonds. The van der Waals surface area contributed by atoms with Crippen molar-refractivity contribution in [1.82, 2.24) is 10.3 Å². The summed E-state index contributed by atoms with van der Waals surface area (Å²) in [6.45, 7) is 6.93. The van der Waals surface area contributed by atoms with Gasteiger partial charge in [0.15, 0.2) is 0 Å². The first kappa shape index (κ1) is 14.9. The van der Waals surface area contributed by atoms with E-state index in [1.54, 1.807) is 0 Å². The smallest absolute Gasteiger partial charge is 0.142 e. The van der Waals surface area contributed by atoms with Crippen LogP contribution in [0.1, 0.15) is 18.3 Å². The Hall–Kier alpha value is -1.17. The number of ether oxygens (including phenoxy) is 2. The van der Waals surface area contributed by atoms with Gasteiger partial charge in [0, 0.05) is 12.2 Å². The minimum Gasteiger partial charge on any atom is -0.489 e. The number of aliphatic hydroxyl groups is 1. The highest BCUT2D eigenvalue weighted by atomic mass is 16.5. The number of nitrogens with zero attached hydrogens (tertiary/aromatic N) is 1. The van der Waals surface area contributed by atoms with Crippen molar-refractivity contribution in [3.63, 3.8) is 0 Å². The molecule has 0 aliphatic rings. The molecule has 0 aromatic carbocycles. The van der Waals surface area contributed by atoms with E-state index >= 15 is 0 Å². The number of pyridine rings is 1. The van der Waals surface area contributed by atoms with Crippen molar-refractivity contribution in [1.29, 1.82) is 0 Å². The number of rotatable bonds is 9. The third kappa shape index (κ3) is 5.44. The number of aryl methyl sites for hydroxylation is 1. The van der Waals surface area contributed by atoms with E-state index in [4.69, 9.17) is 14.6 Å². The minimum atomic E-state index is 0.0394.